The zero-order valence-electron chi connectivity index (χ0n) is 12.7. The minimum absolute atomic E-state index is 0.361. The van der Waals surface area contributed by atoms with Crippen molar-refractivity contribution in [2.75, 3.05) is 19.9 Å². The molecule has 1 aromatic rings. The molecule has 2 aliphatic heterocycles. The van der Waals surface area contributed by atoms with Crippen molar-refractivity contribution >= 4 is 0 Å². The van der Waals surface area contributed by atoms with E-state index in [0.29, 0.717) is 12.3 Å². The first kappa shape index (κ1) is 13.2. The zero-order chi connectivity index (χ0) is 14.3. The maximum Gasteiger partial charge on any atom is 0.231 e. The monoisotopic (exact) mass is 285 g/mol. The highest BCUT2D eigenvalue weighted by Gasteiger charge is 2.41. The maximum atomic E-state index is 5.63. The highest BCUT2D eigenvalue weighted by Crippen LogP contribution is 2.42. The Labute approximate surface area is 126 Å². The molecule has 0 bridgehead atoms. The van der Waals surface area contributed by atoms with Crippen LogP contribution < -0.4 is 9.47 Å². The second kappa shape index (κ2) is 5.06. The molecule has 21 heavy (non-hydrogen) atoms. The number of hydrogen-bond donors (Lipinski definition) is 0. The van der Waals surface area contributed by atoms with Crippen LogP contribution in [0, 0.1) is 0 Å². The number of para-hydroxylation sites is 1. The smallest absolute Gasteiger partial charge is 0.231 e. The summed E-state index contributed by atoms with van der Waals surface area (Å²) in [7, 11) is 0. The first-order chi connectivity index (χ1) is 10.3. The predicted molar refractivity (Wildman–Crippen MR) is 82.8 cm³/mol. The molecule has 1 saturated heterocycles. The predicted octanol–water partition coefficient (Wildman–Crippen LogP) is 3.53. The van der Waals surface area contributed by atoms with Gasteiger partial charge in [0, 0.05) is 12.1 Å². The molecule has 2 heterocycles. The van der Waals surface area contributed by atoms with Crippen molar-refractivity contribution in [1.29, 1.82) is 0 Å². The van der Waals surface area contributed by atoms with Crippen LogP contribution in [0.5, 0.6) is 11.5 Å². The normalized spacial score (nSPS) is 27.6. The number of allylic oxidation sites excluding steroid dienone is 1. The molecule has 0 radical (unpaired) electrons. The van der Waals surface area contributed by atoms with Gasteiger partial charge in [-0.15, -0.1) is 0 Å². The number of nitrogens with zero attached hydrogens (tertiary/aromatic N) is 1. The standard InChI is InChI=1S/C18H23NO2/c1-14-6-9-18(12-14)8-3-10-19(18)11-7-15-4-2-5-16-17(15)21-13-20-16/h2,4-5,12H,3,6-11,13H2,1H3/t18-/m0/s1. The van der Waals surface area contributed by atoms with Crippen molar-refractivity contribution < 1.29 is 9.47 Å². The Morgan fingerprint density at radius 3 is 3.05 bits per heavy atom. The summed E-state index contributed by atoms with van der Waals surface area (Å²) in [5.74, 6) is 1.86. The van der Waals surface area contributed by atoms with Gasteiger partial charge in [0.1, 0.15) is 0 Å². The summed E-state index contributed by atoms with van der Waals surface area (Å²) >= 11 is 0. The fourth-order valence-electron chi connectivity index (χ4n) is 4.20. The Bertz CT molecular complexity index is 581. The fourth-order valence-corrected chi connectivity index (χ4v) is 4.20. The van der Waals surface area contributed by atoms with Crippen molar-refractivity contribution in [1.82, 2.24) is 4.90 Å². The molecular weight excluding hydrogens is 262 g/mol. The van der Waals surface area contributed by atoms with Crippen molar-refractivity contribution in [2.45, 2.75) is 44.6 Å². The molecule has 1 fully saturated rings. The molecule has 0 unspecified atom stereocenters. The number of benzene rings is 1. The first-order valence-corrected chi connectivity index (χ1v) is 8.08. The molecule has 0 aromatic heterocycles. The maximum absolute atomic E-state index is 5.63. The number of ether oxygens (including phenoxy) is 2. The van der Waals surface area contributed by atoms with Gasteiger partial charge in [0.05, 0.1) is 0 Å². The second-order valence-corrected chi connectivity index (χ2v) is 6.59. The minimum atomic E-state index is 0.361. The minimum Gasteiger partial charge on any atom is -0.454 e. The summed E-state index contributed by atoms with van der Waals surface area (Å²) in [5, 5.41) is 0. The quantitative estimate of drug-likeness (QED) is 0.793. The van der Waals surface area contributed by atoms with Crippen LogP contribution in [-0.4, -0.2) is 30.3 Å². The molecular formula is C18H23NO2. The van der Waals surface area contributed by atoms with Crippen molar-refractivity contribution in [2.24, 2.45) is 0 Å². The van der Waals surface area contributed by atoms with E-state index in [0.717, 1.165) is 24.5 Å². The Morgan fingerprint density at radius 2 is 2.19 bits per heavy atom. The Hall–Kier alpha value is -1.48. The Morgan fingerprint density at radius 1 is 1.24 bits per heavy atom. The van der Waals surface area contributed by atoms with Crippen LogP contribution in [-0.2, 0) is 6.42 Å². The van der Waals surface area contributed by atoms with Crippen LogP contribution >= 0.6 is 0 Å². The summed E-state index contributed by atoms with van der Waals surface area (Å²) in [4.78, 5) is 2.69. The van der Waals surface area contributed by atoms with Crippen molar-refractivity contribution in [3.05, 3.63) is 35.4 Å². The van der Waals surface area contributed by atoms with E-state index in [1.165, 1.54) is 37.8 Å². The summed E-state index contributed by atoms with van der Waals surface area (Å²) in [6, 6.07) is 6.24. The highest BCUT2D eigenvalue weighted by atomic mass is 16.7. The number of fused-ring (bicyclic) bond motifs is 1. The summed E-state index contributed by atoms with van der Waals surface area (Å²) in [5.41, 5.74) is 3.21. The van der Waals surface area contributed by atoms with Crippen LogP contribution in [0.2, 0.25) is 0 Å². The third kappa shape index (κ3) is 2.24. The van der Waals surface area contributed by atoms with Gasteiger partial charge >= 0.3 is 0 Å². The van der Waals surface area contributed by atoms with E-state index in [9.17, 15) is 0 Å². The van der Waals surface area contributed by atoms with E-state index in [4.69, 9.17) is 9.47 Å². The summed E-state index contributed by atoms with van der Waals surface area (Å²) in [6.45, 7) is 4.99. The van der Waals surface area contributed by atoms with Gasteiger partial charge in [-0.2, -0.15) is 0 Å². The molecule has 0 N–H and O–H groups in total. The lowest BCUT2D eigenvalue weighted by Crippen LogP contribution is -2.41. The number of hydrogen-bond acceptors (Lipinski definition) is 3. The van der Waals surface area contributed by atoms with Crippen molar-refractivity contribution in [3.8, 4) is 11.5 Å². The number of rotatable bonds is 3. The van der Waals surface area contributed by atoms with Gasteiger partial charge in [0.15, 0.2) is 11.5 Å². The molecule has 1 aromatic carbocycles. The van der Waals surface area contributed by atoms with E-state index < -0.39 is 0 Å². The molecule has 1 spiro atoms. The lowest BCUT2D eigenvalue weighted by molar-refractivity contribution is 0.171. The Kier molecular flexibility index (Phi) is 3.18. The van der Waals surface area contributed by atoms with Gasteiger partial charge in [-0.3, -0.25) is 4.90 Å². The molecule has 4 rings (SSSR count). The van der Waals surface area contributed by atoms with Gasteiger partial charge < -0.3 is 9.47 Å². The molecule has 3 aliphatic rings. The average Bonchev–Trinajstić information content (AvgIpc) is 3.18. The molecule has 112 valence electrons. The lowest BCUT2D eigenvalue weighted by Gasteiger charge is -2.33. The molecule has 3 nitrogen and oxygen atoms in total. The van der Waals surface area contributed by atoms with E-state index in [1.807, 2.05) is 6.07 Å². The Balaban J connectivity index is 1.49. The number of likely N-dealkylation sites (tertiary alicyclic amines) is 1. The third-order valence-electron chi connectivity index (χ3n) is 5.26. The van der Waals surface area contributed by atoms with E-state index in [-0.39, 0.29) is 0 Å². The van der Waals surface area contributed by atoms with E-state index in [2.05, 4.69) is 30.0 Å². The molecule has 1 atom stereocenters. The van der Waals surface area contributed by atoms with Gasteiger partial charge in [-0.25, -0.2) is 0 Å². The fraction of sp³-hybridized carbons (Fsp3) is 0.556. The van der Waals surface area contributed by atoms with Crippen LogP contribution in [0.25, 0.3) is 0 Å². The van der Waals surface area contributed by atoms with Crippen LogP contribution in [0.1, 0.15) is 38.2 Å². The van der Waals surface area contributed by atoms with Crippen LogP contribution in [0.4, 0.5) is 0 Å². The SMILES string of the molecule is CC1=C[C@]2(CCCN2CCc2cccc3c2OCO3)CC1. The second-order valence-electron chi connectivity index (χ2n) is 6.59. The molecule has 1 aliphatic carbocycles. The highest BCUT2D eigenvalue weighted by molar-refractivity contribution is 5.48. The first-order valence-electron chi connectivity index (χ1n) is 8.08. The summed E-state index contributed by atoms with van der Waals surface area (Å²) in [6.07, 6.45) is 8.82. The largest absolute Gasteiger partial charge is 0.454 e. The molecule has 3 heteroatoms. The van der Waals surface area contributed by atoms with Crippen molar-refractivity contribution in [3.63, 3.8) is 0 Å². The van der Waals surface area contributed by atoms with Gasteiger partial charge in [-0.05, 0) is 57.2 Å². The molecule has 0 amide bonds. The van der Waals surface area contributed by atoms with Gasteiger partial charge in [0.2, 0.25) is 6.79 Å². The van der Waals surface area contributed by atoms with Crippen LogP contribution in [0.3, 0.4) is 0 Å². The topological polar surface area (TPSA) is 21.7 Å². The van der Waals surface area contributed by atoms with E-state index in [1.54, 1.807) is 5.57 Å². The third-order valence-corrected chi connectivity index (χ3v) is 5.26. The summed E-state index contributed by atoms with van der Waals surface area (Å²) < 4.78 is 11.1. The average molecular weight is 285 g/mol. The zero-order valence-corrected chi connectivity index (χ0v) is 12.7. The van der Waals surface area contributed by atoms with Crippen LogP contribution in [0.15, 0.2) is 29.8 Å². The molecule has 0 saturated carbocycles. The van der Waals surface area contributed by atoms with Gasteiger partial charge in [-0.1, -0.05) is 23.8 Å². The van der Waals surface area contributed by atoms with E-state index >= 15 is 0 Å². The lowest BCUT2D eigenvalue weighted by atomic mass is 9.95. The van der Waals surface area contributed by atoms with Gasteiger partial charge in [0.25, 0.3) is 0 Å².